The predicted molar refractivity (Wildman–Crippen MR) is 238 cm³/mol. The average Bonchev–Trinajstić information content (AvgIpc) is 3.16. The first-order valence-electron chi connectivity index (χ1n) is 23.2. The van der Waals surface area contributed by atoms with Gasteiger partial charge in [-0.05, 0) is 44.9 Å². The molecule has 10 heteroatoms. The van der Waals surface area contributed by atoms with E-state index in [2.05, 4.69) is 50.3 Å². The summed E-state index contributed by atoms with van der Waals surface area (Å²) in [6.07, 6.45) is 44.8. The molecular weight excluding hydrogens is 737 g/mol. The zero-order valence-corrected chi connectivity index (χ0v) is 38.5. The van der Waals surface area contributed by atoms with Gasteiger partial charge in [-0.1, -0.05) is 179 Å². The van der Waals surface area contributed by atoms with E-state index < -0.39 is 26.5 Å². The van der Waals surface area contributed by atoms with Crippen LogP contribution in [0.25, 0.3) is 0 Å². The Kier molecular flexibility index (Phi) is 38.4. The third-order valence-electron chi connectivity index (χ3n) is 9.93. The van der Waals surface area contributed by atoms with Crippen LogP contribution in [0.1, 0.15) is 200 Å². The zero-order valence-electron chi connectivity index (χ0n) is 37.6. The molecule has 0 saturated heterocycles. The highest BCUT2D eigenvalue weighted by Gasteiger charge is 2.27. The van der Waals surface area contributed by atoms with Gasteiger partial charge in [-0.15, -0.1) is 0 Å². The Labute approximate surface area is 351 Å². The lowest BCUT2D eigenvalue weighted by molar-refractivity contribution is -0.870. The summed E-state index contributed by atoms with van der Waals surface area (Å²) in [7, 11) is 1.47. The molecule has 0 radical (unpaired) electrons. The summed E-state index contributed by atoms with van der Waals surface area (Å²) in [5, 5.41) is 0. The van der Waals surface area contributed by atoms with Crippen molar-refractivity contribution in [3.8, 4) is 0 Å². The number of ether oxygens (including phenoxy) is 2. The van der Waals surface area contributed by atoms with Crippen molar-refractivity contribution in [1.82, 2.24) is 0 Å². The van der Waals surface area contributed by atoms with Crippen LogP contribution in [0.15, 0.2) is 36.5 Å². The molecule has 0 aliphatic carbocycles. The van der Waals surface area contributed by atoms with E-state index in [1.807, 2.05) is 21.1 Å². The molecule has 0 aliphatic rings. The summed E-state index contributed by atoms with van der Waals surface area (Å²) < 4.78 is 34.3. The molecule has 0 heterocycles. The first kappa shape index (κ1) is 55.2. The van der Waals surface area contributed by atoms with E-state index in [9.17, 15) is 19.0 Å². The number of nitrogens with zero attached hydrogens (tertiary/aromatic N) is 1. The Morgan fingerprint density at radius 2 is 1.00 bits per heavy atom. The molecule has 0 saturated carbocycles. The number of quaternary nitrogens is 1. The molecule has 9 nitrogen and oxygen atoms in total. The van der Waals surface area contributed by atoms with E-state index in [1.54, 1.807) is 0 Å². The van der Waals surface area contributed by atoms with Crippen LogP contribution in [0.3, 0.4) is 0 Å². The first-order valence-corrected chi connectivity index (χ1v) is 24.7. The quantitative estimate of drug-likeness (QED) is 0.0213. The van der Waals surface area contributed by atoms with Crippen LogP contribution in [0.4, 0.5) is 0 Å². The number of rotatable bonds is 42. The molecule has 0 aromatic carbocycles. The summed E-state index contributed by atoms with van der Waals surface area (Å²) in [6.45, 7) is 4.31. The lowest BCUT2D eigenvalue weighted by atomic mass is 10.0. The normalized spacial score (nSPS) is 13.9. The molecule has 334 valence electrons. The van der Waals surface area contributed by atoms with Crippen LogP contribution in [0.2, 0.25) is 0 Å². The Morgan fingerprint density at radius 1 is 0.561 bits per heavy atom. The van der Waals surface area contributed by atoms with Crippen LogP contribution < -0.4 is 0 Å². The van der Waals surface area contributed by atoms with Gasteiger partial charge in [-0.3, -0.25) is 18.6 Å². The van der Waals surface area contributed by atoms with Gasteiger partial charge < -0.3 is 18.9 Å². The van der Waals surface area contributed by atoms with Crippen molar-refractivity contribution in [1.29, 1.82) is 0 Å². The average molecular weight is 827 g/mol. The maximum Gasteiger partial charge on any atom is 0.472 e. The second kappa shape index (κ2) is 39.7. The minimum absolute atomic E-state index is 0.0287. The van der Waals surface area contributed by atoms with Crippen LogP contribution in [0, 0.1) is 0 Å². The predicted octanol–water partition coefficient (Wildman–Crippen LogP) is 13.3. The van der Waals surface area contributed by atoms with Crippen molar-refractivity contribution in [2.24, 2.45) is 0 Å². The lowest BCUT2D eigenvalue weighted by Crippen LogP contribution is -2.37. The van der Waals surface area contributed by atoms with Gasteiger partial charge in [0.05, 0.1) is 27.7 Å². The molecular formula is C47H89NO8P+. The second-order valence-corrected chi connectivity index (χ2v) is 18.2. The van der Waals surface area contributed by atoms with Crippen molar-refractivity contribution in [2.45, 2.75) is 206 Å². The molecule has 0 rings (SSSR count). The van der Waals surface area contributed by atoms with Crippen LogP contribution in [-0.2, 0) is 32.7 Å². The SMILES string of the molecule is CC/C=C\C/C=C\C/C=C\CCCCCCCC(=O)OC(COC(=O)CCCCCCCCCCCCCCCCCCCC)COP(=O)(O)OCC[N+](C)(C)C. The largest absolute Gasteiger partial charge is 0.472 e. The number of hydrogen-bond acceptors (Lipinski definition) is 7. The molecule has 0 amide bonds. The van der Waals surface area contributed by atoms with E-state index in [-0.39, 0.29) is 32.0 Å². The van der Waals surface area contributed by atoms with Gasteiger partial charge in [0.15, 0.2) is 6.10 Å². The number of hydrogen-bond donors (Lipinski definition) is 1. The van der Waals surface area contributed by atoms with E-state index >= 15 is 0 Å². The van der Waals surface area contributed by atoms with Gasteiger partial charge in [-0.25, -0.2) is 4.57 Å². The van der Waals surface area contributed by atoms with Crippen molar-refractivity contribution in [3.63, 3.8) is 0 Å². The van der Waals surface area contributed by atoms with Gasteiger partial charge in [-0.2, -0.15) is 0 Å². The molecule has 0 aromatic rings. The topological polar surface area (TPSA) is 108 Å². The molecule has 0 aromatic heterocycles. The van der Waals surface area contributed by atoms with Crippen molar-refractivity contribution in [2.75, 3.05) is 47.5 Å². The summed E-state index contributed by atoms with van der Waals surface area (Å²) in [5.41, 5.74) is 0. The zero-order chi connectivity index (χ0) is 42.1. The Bertz CT molecular complexity index is 1070. The Hall–Kier alpha value is -1.77. The summed E-state index contributed by atoms with van der Waals surface area (Å²) in [4.78, 5) is 35.4. The summed E-state index contributed by atoms with van der Waals surface area (Å²) in [6, 6.07) is 0. The van der Waals surface area contributed by atoms with Crippen LogP contribution in [-0.4, -0.2) is 74.9 Å². The van der Waals surface area contributed by atoms with Gasteiger partial charge >= 0.3 is 19.8 Å². The summed E-state index contributed by atoms with van der Waals surface area (Å²) >= 11 is 0. The molecule has 1 N–H and O–H groups in total. The smallest absolute Gasteiger partial charge is 0.462 e. The fourth-order valence-electron chi connectivity index (χ4n) is 6.32. The van der Waals surface area contributed by atoms with Gasteiger partial charge in [0.2, 0.25) is 0 Å². The first-order chi connectivity index (χ1) is 27.5. The molecule has 2 unspecified atom stereocenters. The van der Waals surface area contributed by atoms with E-state index in [1.165, 1.54) is 96.3 Å². The lowest BCUT2D eigenvalue weighted by Gasteiger charge is -2.24. The maximum absolute atomic E-state index is 12.7. The number of carbonyl (C=O) groups is 2. The number of carbonyl (C=O) groups excluding carboxylic acids is 2. The van der Waals surface area contributed by atoms with Gasteiger partial charge in [0.1, 0.15) is 19.8 Å². The highest BCUT2D eigenvalue weighted by Crippen LogP contribution is 2.43. The molecule has 0 aliphatic heterocycles. The summed E-state index contributed by atoms with van der Waals surface area (Å²) in [5.74, 6) is -0.812. The highest BCUT2D eigenvalue weighted by molar-refractivity contribution is 7.47. The number of likely N-dealkylation sites (N-methyl/N-ethyl adjacent to an activating group) is 1. The highest BCUT2D eigenvalue weighted by atomic mass is 31.2. The number of esters is 2. The standard InChI is InChI=1S/C47H88NO8P/c1-6-8-10-12-14-16-18-20-22-23-24-26-27-29-31-33-35-37-39-46(49)53-43-45(44-55-57(51,52)54-42-41-48(3,4)5)56-47(50)40-38-36-34-32-30-28-25-21-19-17-15-13-11-9-7-2/h9,11,15,17,21,25,45H,6-8,10,12-14,16,18-20,22-24,26-44H2,1-5H3/p+1/b11-9-,17-15-,25-21-. The third kappa shape index (κ3) is 43.6. The monoisotopic (exact) mass is 827 g/mol. The number of allylic oxidation sites excluding steroid dienone is 6. The maximum atomic E-state index is 12.7. The minimum atomic E-state index is -4.38. The molecule has 57 heavy (non-hydrogen) atoms. The number of unbranched alkanes of at least 4 members (excludes halogenated alkanes) is 22. The van der Waals surface area contributed by atoms with Crippen LogP contribution >= 0.6 is 7.82 Å². The fraction of sp³-hybridized carbons (Fsp3) is 0.830. The molecule has 2 atom stereocenters. The Balaban J connectivity index is 4.31. The van der Waals surface area contributed by atoms with E-state index in [0.717, 1.165) is 70.6 Å². The number of phosphoric ester groups is 1. The van der Waals surface area contributed by atoms with E-state index in [4.69, 9.17) is 18.5 Å². The second-order valence-electron chi connectivity index (χ2n) is 16.8. The van der Waals surface area contributed by atoms with Gasteiger partial charge in [0, 0.05) is 12.8 Å². The fourth-order valence-corrected chi connectivity index (χ4v) is 7.06. The minimum Gasteiger partial charge on any atom is -0.462 e. The molecule has 0 fully saturated rings. The van der Waals surface area contributed by atoms with Crippen LogP contribution in [0.5, 0.6) is 0 Å². The molecule has 0 bridgehead atoms. The third-order valence-corrected chi connectivity index (χ3v) is 10.9. The Morgan fingerprint density at radius 3 is 1.49 bits per heavy atom. The van der Waals surface area contributed by atoms with Gasteiger partial charge in [0.25, 0.3) is 0 Å². The van der Waals surface area contributed by atoms with Crippen molar-refractivity contribution in [3.05, 3.63) is 36.5 Å². The van der Waals surface area contributed by atoms with E-state index in [0.29, 0.717) is 17.4 Å². The van der Waals surface area contributed by atoms with Crippen molar-refractivity contribution < 1.29 is 42.1 Å². The number of phosphoric acid groups is 1. The van der Waals surface area contributed by atoms with Crippen molar-refractivity contribution >= 4 is 19.8 Å². The molecule has 0 spiro atoms.